The van der Waals surface area contributed by atoms with E-state index in [0.29, 0.717) is 24.0 Å². The molecule has 10 nitrogen and oxygen atoms in total. The summed E-state index contributed by atoms with van der Waals surface area (Å²) in [6.07, 6.45) is -0.948. The van der Waals surface area contributed by atoms with Gasteiger partial charge in [-0.15, -0.1) is 0 Å². The molecule has 0 unspecified atom stereocenters. The molecule has 1 atom stereocenters. The number of ether oxygens (including phenoxy) is 2. The summed E-state index contributed by atoms with van der Waals surface area (Å²) in [5, 5.41) is 14.0. The van der Waals surface area contributed by atoms with Gasteiger partial charge in [0.2, 0.25) is 5.95 Å². The van der Waals surface area contributed by atoms with Gasteiger partial charge in [-0.25, -0.2) is 4.79 Å². The predicted molar refractivity (Wildman–Crippen MR) is 133 cm³/mol. The minimum atomic E-state index is -0.948. The Kier molecular flexibility index (Phi) is 6.92. The van der Waals surface area contributed by atoms with Gasteiger partial charge in [-0.3, -0.25) is 13.9 Å². The van der Waals surface area contributed by atoms with E-state index in [1.54, 1.807) is 43.0 Å². The molecule has 2 aromatic heterocycles. The molecule has 0 spiro atoms. The largest absolute Gasteiger partial charge is 0.497 e. The van der Waals surface area contributed by atoms with Gasteiger partial charge in [0.25, 0.3) is 5.56 Å². The molecule has 0 aliphatic heterocycles. The average Bonchev–Trinajstić information content (AvgIpc) is 3.23. The number of anilines is 1. The maximum absolute atomic E-state index is 13.0. The highest BCUT2D eigenvalue weighted by atomic mass is 16.5. The van der Waals surface area contributed by atoms with Gasteiger partial charge < -0.3 is 24.5 Å². The number of benzene rings is 2. The summed E-state index contributed by atoms with van der Waals surface area (Å²) >= 11 is 0. The smallest absolute Gasteiger partial charge is 0.332 e. The predicted octanol–water partition coefficient (Wildman–Crippen LogP) is 1.80. The van der Waals surface area contributed by atoms with Crippen LogP contribution in [-0.2, 0) is 27.2 Å². The van der Waals surface area contributed by atoms with Gasteiger partial charge in [-0.2, -0.15) is 4.98 Å². The van der Waals surface area contributed by atoms with Crippen LogP contribution in [0.2, 0.25) is 0 Å². The van der Waals surface area contributed by atoms with Crippen LogP contribution in [0.15, 0.2) is 58.1 Å². The molecule has 0 radical (unpaired) electrons. The van der Waals surface area contributed by atoms with E-state index in [2.05, 4.69) is 10.3 Å². The van der Waals surface area contributed by atoms with Crippen LogP contribution in [-0.4, -0.2) is 43.6 Å². The standard InChI is InChI=1S/C25H29N5O5/c1-16-5-7-17(8-6-16)13-26-24-27-22-21(23(32)29(3)25(33)28(22)2)30(24)14-18(31)15-35-20-11-9-19(34-4)10-12-20/h5-12,18,31H,13-15H2,1-4H3,(H,26,27)/t18-/m1/s1. The van der Waals surface area contributed by atoms with E-state index >= 15 is 0 Å². The summed E-state index contributed by atoms with van der Waals surface area (Å²) in [6.45, 7) is 2.50. The number of fused-ring (bicyclic) bond motifs is 1. The Morgan fingerprint density at radius 3 is 2.31 bits per heavy atom. The summed E-state index contributed by atoms with van der Waals surface area (Å²) in [5.74, 6) is 1.66. The summed E-state index contributed by atoms with van der Waals surface area (Å²) in [4.78, 5) is 30.0. The first-order valence-corrected chi connectivity index (χ1v) is 11.2. The lowest BCUT2D eigenvalue weighted by Crippen LogP contribution is -2.38. The molecule has 2 N–H and O–H groups in total. The van der Waals surface area contributed by atoms with Gasteiger partial charge in [0.05, 0.1) is 13.7 Å². The van der Waals surface area contributed by atoms with Crippen LogP contribution in [0.1, 0.15) is 11.1 Å². The molecule has 0 saturated heterocycles. The minimum Gasteiger partial charge on any atom is -0.497 e. The van der Waals surface area contributed by atoms with Gasteiger partial charge in [0, 0.05) is 20.6 Å². The monoisotopic (exact) mass is 479 g/mol. The van der Waals surface area contributed by atoms with E-state index in [-0.39, 0.29) is 24.3 Å². The third-order valence-electron chi connectivity index (χ3n) is 5.81. The third-order valence-corrected chi connectivity index (χ3v) is 5.81. The van der Waals surface area contributed by atoms with Crippen molar-refractivity contribution in [1.29, 1.82) is 0 Å². The van der Waals surface area contributed by atoms with E-state index < -0.39 is 17.4 Å². The summed E-state index contributed by atoms with van der Waals surface area (Å²) in [5.41, 5.74) is 1.69. The topological polar surface area (TPSA) is 113 Å². The van der Waals surface area contributed by atoms with Crippen molar-refractivity contribution < 1.29 is 14.6 Å². The van der Waals surface area contributed by atoms with Crippen molar-refractivity contribution in [3.8, 4) is 11.5 Å². The Morgan fingerprint density at radius 2 is 1.66 bits per heavy atom. The van der Waals surface area contributed by atoms with Gasteiger partial charge >= 0.3 is 5.69 Å². The Bertz CT molecular complexity index is 1440. The number of methoxy groups -OCH3 is 1. The van der Waals surface area contributed by atoms with Crippen LogP contribution in [0, 0.1) is 6.92 Å². The lowest BCUT2D eigenvalue weighted by atomic mass is 10.1. The molecular formula is C25H29N5O5. The fraction of sp³-hybridized carbons (Fsp3) is 0.320. The first-order chi connectivity index (χ1) is 16.8. The minimum absolute atomic E-state index is 0.00448. The number of nitrogens with one attached hydrogen (secondary N) is 1. The van der Waals surface area contributed by atoms with Gasteiger partial charge in [0.15, 0.2) is 11.2 Å². The summed E-state index contributed by atoms with van der Waals surface area (Å²) < 4.78 is 14.8. The number of aryl methyl sites for hydroxylation is 2. The zero-order chi connectivity index (χ0) is 25.1. The molecule has 0 aliphatic carbocycles. The molecule has 4 rings (SSSR count). The van der Waals surface area contributed by atoms with E-state index in [4.69, 9.17) is 9.47 Å². The fourth-order valence-electron chi connectivity index (χ4n) is 3.77. The molecule has 2 aromatic carbocycles. The van der Waals surface area contributed by atoms with Crippen molar-refractivity contribution in [2.75, 3.05) is 19.0 Å². The summed E-state index contributed by atoms with van der Waals surface area (Å²) in [6, 6.07) is 15.1. The van der Waals surface area contributed by atoms with Crippen LogP contribution < -0.4 is 26.0 Å². The van der Waals surface area contributed by atoms with E-state index in [1.807, 2.05) is 31.2 Å². The van der Waals surface area contributed by atoms with E-state index in [0.717, 1.165) is 15.7 Å². The maximum atomic E-state index is 13.0. The third kappa shape index (κ3) is 5.07. The molecule has 184 valence electrons. The second kappa shape index (κ2) is 10.1. The Labute approximate surface area is 202 Å². The molecule has 0 aliphatic rings. The highest BCUT2D eigenvalue weighted by Gasteiger charge is 2.21. The summed E-state index contributed by atoms with van der Waals surface area (Å²) in [7, 11) is 4.57. The van der Waals surface area contributed by atoms with Crippen LogP contribution in [0.4, 0.5) is 5.95 Å². The number of nitrogens with zero attached hydrogens (tertiary/aromatic N) is 4. The fourth-order valence-corrected chi connectivity index (χ4v) is 3.77. The lowest BCUT2D eigenvalue weighted by molar-refractivity contribution is 0.0938. The zero-order valence-corrected chi connectivity index (χ0v) is 20.2. The van der Waals surface area contributed by atoms with Crippen LogP contribution in [0.3, 0.4) is 0 Å². The first kappa shape index (κ1) is 24.1. The van der Waals surface area contributed by atoms with Crippen LogP contribution >= 0.6 is 0 Å². The van der Waals surface area contributed by atoms with Crippen molar-refractivity contribution in [2.45, 2.75) is 26.1 Å². The molecule has 0 saturated carbocycles. The highest BCUT2D eigenvalue weighted by Crippen LogP contribution is 2.19. The van der Waals surface area contributed by atoms with Crippen molar-refractivity contribution in [2.24, 2.45) is 14.1 Å². The van der Waals surface area contributed by atoms with Gasteiger partial charge in [-0.05, 0) is 36.8 Å². The normalized spacial score (nSPS) is 12.0. The van der Waals surface area contributed by atoms with Gasteiger partial charge in [-0.1, -0.05) is 29.8 Å². The number of aliphatic hydroxyl groups is 1. The molecular weight excluding hydrogens is 450 g/mol. The van der Waals surface area contributed by atoms with Crippen molar-refractivity contribution in [3.63, 3.8) is 0 Å². The van der Waals surface area contributed by atoms with Crippen molar-refractivity contribution >= 4 is 17.1 Å². The molecule has 0 bridgehead atoms. The number of aliphatic hydroxyl groups excluding tert-OH is 1. The van der Waals surface area contributed by atoms with Crippen molar-refractivity contribution in [1.82, 2.24) is 18.7 Å². The molecule has 0 amide bonds. The van der Waals surface area contributed by atoms with Crippen molar-refractivity contribution in [3.05, 3.63) is 80.5 Å². The number of hydrogen-bond acceptors (Lipinski definition) is 7. The number of aromatic nitrogens is 4. The molecule has 4 aromatic rings. The Balaban J connectivity index is 1.62. The molecule has 0 fully saturated rings. The number of rotatable bonds is 9. The number of imidazole rings is 1. The Morgan fingerprint density at radius 1 is 1.00 bits per heavy atom. The molecule has 35 heavy (non-hydrogen) atoms. The second-order valence-electron chi connectivity index (χ2n) is 8.40. The lowest BCUT2D eigenvalue weighted by Gasteiger charge is -2.16. The SMILES string of the molecule is COc1ccc(OC[C@H](O)Cn2c(NCc3ccc(C)cc3)nc3c2c(=O)n(C)c(=O)n3C)cc1. The second-order valence-corrected chi connectivity index (χ2v) is 8.40. The van der Waals surface area contributed by atoms with E-state index in [1.165, 1.54) is 11.6 Å². The number of hydrogen-bond donors (Lipinski definition) is 2. The quantitative estimate of drug-likeness (QED) is 0.376. The van der Waals surface area contributed by atoms with Crippen LogP contribution in [0.5, 0.6) is 11.5 Å². The van der Waals surface area contributed by atoms with E-state index in [9.17, 15) is 14.7 Å². The Hall–Kier alpha value is -4.05. The van der Waals surface area contributed by atoms with Gasteiger partial charge in [0.1, 0.15) is 24.2 Å². The average molecular weight is 480 g/mol. The maximum Gasteiger partial charge on any atom is 0.332 e. The first-order valence-electron chi connectivity index (χ1n) is 11.2. The molecule has 2 heterocycles. The highest BCUT2D eigenvalue weighted by molar-refractivity contribution is 5.74. The molecule has 10 heteroatoms. The zero-order valence-electron chi connectivity index (χ0n) is 20.2. The van der Waals surface area contributed by atoms with Crippen LogP contribution in [0.25, 0.3) is 11.2 Å².